The van der Waals surface area contributed by atoms with E-state index >= 15 is 0 Å². The largest absolute Gasteiger partial charge is 0.458 e. The lowest BCUT2D eigenvalue weighted by atomic mass is 9.39. The number of esters is 1. The number of benzene rings is 1. The van der Waals surface area contributed by atoms with E-state index in [1.54, 1.807) is 0 Å². The highest BCUT2D eigenvalue weighted by molar-refractivity contribution is 5.89. The monoisotopic (exact) mass is 426 g/mol. The van der Waals surface area contributed by atoms with Gasteiger partial charge in [-0.3, -0.25) is 0 Å². The molecule has 5 rings (SSSR count). The Morgan fingerprint density at radius 2 is 1.77 bits per heavy atom. The van der Waals surface area contributed by atoms with Crippen molar-refractivity contribution in [3.63, 3.8) is 0 Å². The number of hydrogen-bond donors (Lipinski definition) is 2. The van der Waals surface area contributed by atoms with Crippen LogP contribution in [-0.2, 0) is 4.74 Å². The first-order chi connectivity index (χ1) is 14.7. The van der Waals surface area contributed by atoms with Crippen molar-refractivity contribution < 1.29 is 19.7 Å². The maximum atomic E-state index is 13.1. The normalized spacial score (nSPS) is 48.5. The van der Waals surface area contributed by atoms with Crippen LogP contribution in [0.1, 0.15) is 82.5 Å². The molecule has 0 aromatic heterocycles. The molecule has 8 atom stereocenters. The fraction of sp³-hybridized carbons (Fsp3) is 0.741. The molecule has 31 heavy (non-hydrogen) atoms. The Morgan fingerprint density at radius 3 is 2.48 bits per heavy atom. The second kappa shape index (κ2) is 7.05. The molecule has 0 unspecified atom stereocenters. The van der Waals surface area contributed by atoms with Gasteiger partial charge in [-0.1, -0.05) is 38.5 Å². The van der Waals surface area contributed by atoms with Crippen molar-refractivity contribution in [3.8, 4) is 0 Å². The van der Waals surface area contributed by atoms with Crippen molar-refractivity contribution in [1.29, 1.82) is 0 Å². The zero-order chi connectivity index (χ0) is 22.1. The number of aliphatic hydroxyl groups excluding tert-OH is 1. The first-order valence-corrected chi connectivity index (χ1v) is 12.2. The van der Waals surface area contributed by atoms with Crippen LogP contribution in [0.25, 0.3) is 0 Å². The van der Waals surface area contributed by atoms with Crippen LogP contribution in [0, 0.1) is 34.0 Å². The molecule has 4 aliphatic rings. The third-order valence-corrected chi connectivity index (χ3v) is 10.5. The highest BCUT2D eigenvalue weighted by atomic mass is 16.5. The predicted molar refractivity (Wildman–Crippen MR) is 119 cm³/mol. The number of fused-ring (bicyclic) bond motifs is 2. The highest BCUT2D eigenvalue weighted by Crippen LogP contribution is 2.75. The van der Waals surface area contributed by atoms with Gasteiger partial charge in [-0.15, -0.1) is 0 Å². The molecule has 1 aromatic carbocycles. The highest BCUT2D eigenvalue weighted by Gasteiger charge is 2.71. The molecule has 4 fully saturated rings. The molecule has 0 radical (unpaired) electrons. The Labute approximate surface area is 186 Å². The molecular formula is C27H38O4. The van der Waals surface area contributed by atoms with Crippen LogP contribution in [0.2, 0.25) is 0 Å². The Balaban J connectivity index is 1.55. The predicted octanol–water partition coefficient (Wildman–Crippen LogP) is 4.98. The van der Waals surface area contributed by atoms with E-state index in [1.807, 2.05) is 37.3 Å². The molecular weight excluding hydrogens is 388 g/mol. The number of ether oxygens (including phenoxy) is 1. The Hall–Kier alpha value is -1.39. The van der Waals surface area contributed by atoms with E-state index in [1.165, 1.54) is 0 Å². The third kappa shape index (κ3) is 2.97. The summed E-state index contributed by atoms with van der Waals surface area (Å²) in [6, 6.07) is 9.29. The van der Waals surface area contributed by atoms with Gasteiger partial charge in [-0.25, -0.2) is 4.79 Å². The van der Waals surface area contributed by atoms with Crippen molar-refractivity contribution in [3.05, 3.63) is 35.9 Å². The SMILES string of the molecule is C[C@@]1(CO)CCC[C@@]2(C)[C@H]1[C@H](OC(=O)c1ccccc1)C[C@H]1C[C@@H]3C[C@@]12CC[C@]3(C)O. The zero-order valence-electron chi connectivity index (χ0n) is 19.3. The molecule has 4 aliphatic carbocycles. The summed E-state index contributed by atoms with van der Waals surface area (Å²) in [6.07, 6.45) is 7.91. The van der Waals surface area contributed by atoms with Crippen LogP contribution in [0.15, 0.2) is 30.3 Å². The molecule has 1 spiro atoms. The van der Waals surface area contributed by atoms with E-state index in [4.69, 9.17) is 4.74 Å². The molecule has 0 amide bonds. The van der Waals surface area contributed by atoms with Crippen LogP contribution < -0.4 is 0 Å². The van der Waals surface area contributed by atoms with E-state index in [-0.39, 0.29) is 40.8 Å². The molecule has 2 N–H and O–H groups in total. The van der Waals surface area contributed by atoms with Crippen molar-refractivity contribution in [2.24, 2.45) is 34.0 Å². The van der Waals surface area contributed by atoms with Crippen molar-refractivity contribution >= 4 is 5.97 Å². The molecule has 170 valence electrons. The lowest BCUT2D eigenvalue weighted by molar-refractivity contribution is -0.220. The second-order valence-corrected chi connectivity index (χ2v) is 12.0. The van der Waals surface area contributed by atoms with E-state index in [9.17, 15) is 15.0 Å². The summed E-state index contributed by atoms with van der Waals surface area (Å²) in [5.41, 5.74) is -0.0270. The van der Waals surface area contributed by atoms with Gasteiger partial charge in [0.1, 0.15) is 6.10 Å². The molecule has 0 heterocycles. The van der Waals surface area contributed by atoms with Gasteiger partial charge in [0.25, 0.3) is 0 Å². The Morgan fingerprint density at radius 1 is 1.03 bits per heavy atom. The molecule has 4 heteroatoms. The van der Waals surface area contributed by atoms with Gasteiger partial charge in [0.05, 0.1) is 11.2 Å². The summed E-state index contributed by atoms with van der Waals surface area (Å²) in [4.78, 5) is 13.1. The standard InChI is InChI=1S/C27H38O4/c1-24(17-28)10-7-11-25(2)22(24)21(31-23(29)18-8-5-4-6-9-18)15-19-14-20-16-27(19,25)13-12-26(20,3)30/h4-6,8-9,19-22,28,30H,7,10-17H2,1-3H3/t19-,20-,21-,22+,24+,25+,26+,27+/m1/s1. The number of carbonyl (C=O) groups is 1. The summed E-state index contributed by atoms with van der Waals surface area (Å²) >= 11 is 0. The summed E-state index contributed by atoms with van der Waals surface area (Å²) < 4.78 is 6.30. The fourth-order valence-electron chi connectivity index (χ4n) is 8.87. The topological polar surface area (TPSA) is 66.8 Å². The number of rotatable bonds is 3. The van der Waals surface area contributed by atoms with Gasteiger partial charge < -0.3 is 14.9 Å². The molecule has 0 saturated heterocycles. The summed E-state index contributed by atoms with van der Waals surface area (Å²) in [6.45, 7) is 6.80. The number of aliphatic hydroxyl groups is 2. The molecule has 0 aliphatic heterocycles. The molecule has 4 saturated carbocycles. The van der Waals surface area contributed by atoms with Gasteiger partial charge in [0.15, 0.2) is 0 Å². The van der Waals surface area contributed by atoms with Gasteiger partial charge >= 0.3 is 5.97 Å². The first kappa shape index (κ1) is 21.5. The van der Waals surface area contributed by atoms with E-state index in [2.05, 4.69) is 13.8 Å². The fourth-order valence-corrected chi connectivity index (χ4v) is 8.87. The summed E-state index contributed by atoms with van der Waals surface area (Å²) in [7, 11) is 0. The van der Waals surface area contributed by atoms with Crippen LogP contribution in [-0.4, -0.2) is 34.5 Å². The second-order valence-electron chi connectivity index (χ2n) is 12.0. The summed E-state index contributed by atoms with van der Waals surface area (Å²) in [5.74, 6) is 0.698. The van der Waals surface area contributed by atoms with Crippen LogP contribution in [0.5, 0.6) is 0 Å². The van der Waals surface area contributed by atoms with Crippen molar-refractivity contribution in [2.75, 3.05) is 6.61 Å². The number of hydrogen-bond acceptors (Lipinski definition) is 4. The van der Waals surface area contributed by atoms with E-state index in [0.29, 0.717) is 17.4 Å². The van der Waals surface area contributed by atoms with Crippen LogP contribution >= 0.6 is 0 Å². The van der Waals surface area contributed by atoms with Crippen molar-refractivity contribution in [2.45, 2.75) is 83.8 Å². The number of carbonyl (C=O) groups excluding carboxylic acids is 1. The minimum atomic E-state index is -0.584. The summed E-state index contributed by atoms with van der Waals surface area (Å²) in [5, 5.41) is 21.6. The van der Waals surface area contributed by atoms with Gasteiger partial charge in [-0.2, -0.15) is 0 Å². The third-order valence-electron chi connectivity index (χ3n) is 10.5. The Kier molecular flexibility index (Phi) is 4.88. The average Bonchev–Trinajstić information content (AvgIpc) is 3.09. The van der Waals surface area contributed by atoms with Crippen molar-refractivity contribution in [1.82, 2.24) is 0 Å². The maximum absolute atomic E-state index is 13.1. The van der Waals surface area contributed by atoms with Gasteiger partial charge in [-0.05, 0) is 92.1 Å². The molecule has 2 bridgehead atoms. The Bertz CT molecular complexity index is 850. The lowest BCUT2D eigenvalue weighted by Gasteiger charge is -2.67. The minimum absolute atomic E-state index is 0.0124. The maximum Gasteiger partial charge on any atom is 0.338 e. The van der Waals surface area contributed by atoms with Gasteiger partial charge in [0, 0.05) is 12.5 Å². The molecule has 4 nitrogen and oxygen atoms in total. The quantitative estimate of drug-likeness (QED) is 0.669. The van der Waals surface area contributed by atoms with Gasteiger partial charge in [0.2, 0.25) is 0 Å². The minimum Gasteiger partial charge on any atom is -0.458 e. The van der Waals surface area contributed by atoms with Crippen LogP contribution in [0.3, 0.4) is 0 Å². The zero-order valence-corrected chi connectivity index (χ0v) is 19.3. The van der Waals surface area contributed by atoms with Crippen LogP contribution in [0.4, 0.5) is 0 Å². The smallest absolute Gasteiger partial charge is 0.338 e. The first-order valence-electron chi connectivity index (χ1n) is 12.2. The van der Waals surface area contributed by atoms with E-state index < -0.39 is 5.60 Å². The average molecular weight is 427 g/mol. The molecule has 1 aromatic rings. The lowest BCUT2D eigenvalue weighted by Crippen LogP contribution is -2.64. The van der Waals surface area contributed by atoms with E-state index in [0.717, 1.165) is 51.4 Å².